The van der Waals surface area contributed by atoms with Gasteiger partial charge in [-0.15, -0.1) is 0 Å². The molecule has 5 nitrogen and oxygen atoms in total. The number of hydrazone groups is 1. The van der Waals surface area contributed by atoms with Crippen molar-refractivity contribution in [2.45, 2.75) is 0 Å². The minimum Gasteiger partial charge on any atom is -0.508 e. The van der Waals surface area contributed by atoms with E-state index in [4.69, 9.17) is 0 Å². The van der Waals surface area contributed by atoms with Gasteiger partial charge in [-0.05, 0) is 35.9 Å². The van der Waals surface area contributed by atoms with Crippen LogP contribution in [0, 0.1) is 0 Å². The highest BCUT2D eigenvalue weighted by Gasteiger charge is 2.17. The average Bonchev–Trinajstić information content (AvgIpc) is 2.69. The summed E-state index contributed by atoms with van der Waals surface area (Å²) in [6.07, 6.45) is 1.46. The molecule has 0 aliphatic rings. The molecule has 26 heavy (non-hydrogen) atoms. The van der Waals surface area contributed by atoms with Crippen LogP contribution in [0.4, 0.5) is 0 Å². The largest absolute Gasteiger partial charge is 0.508 e. The second-order valence-corrected chi connectivity index (χ2v) is 5.53. The molecule has 3 aromatic carbocycles. The zero-order chi connectivity index (χ0) is 18.4. The molecule has 0 aliphatic carbocycles. The van der Waals surface area contributed by atoms with Crippen LogP contribution >= 0.6 is 0 Å². The number of ketones is 1. The predicted molar refractivity (Wildman–Crippen MR) is 99.5 cm³/mol. The minimum absolute atomic E-state index is 0.152. The Morgan fingerprint density at radius 3 is 2.12 bits per heavy atom. The number of nitrogens with one attached hydrogen (secondary N) is 1. The number of carbonyl (C=O) groups excluding carboxylic acids is 2. The summed E-state index contributed by atoms with van der Waals surface area (Å²) in [6.45, 7) is 0. The van der Waals surface area contributed by atoms with Gasteiger partial charge in [0.2, 0.25) is 0 Å². The molecule has 0 heterocycles. The fraction of sp³-hybridized carbons (Fsp3) is 0. The lowest BCUT2D eigenvalue weighted by atomic mass is 9.98. The van der Waals surface area contributed by atoms with Crippen LogP contribution in [0.5, 0.6) is 5.75 Å². The Kier molecular flexibility index (Phi) is 5.19. The quantitative estimate of drug-likeness (QED) is 0.423. The van der Waals surface area contributed by atoms with Crippen LogP contribution in [-0.2, 0) is 0 Å². The molecule has 0 aliphatic heterocycles. The lowest BCUT2D eigenvalue weighted by molar-refractivity contribution is 0.0943. The van der Waals surface area contributed by atoms with Crippen LogP contribution in [-0.4, -0.2) is 23.0 Å². The molecule has 0 radical (unpaired) electrons. The van der Waals surface area contributed by atoms with E-state index in [2.05, 4.69) is 10.5 Å². The summed E-state index contributed by atoms with van der Waals surface area (Å²) in [5.41, 5.74) is 4.23. The Hall–Kier alpha value is -3.73. The van der Waals surface area contributed by atoms with E-state index in [-0.39, 0.29) is 17.1 Å². The van der Waals surface area contributed by atoms with Crippen LogP contribution < -0.4 is 5.43 Å². The first-order chi connectivity index (χ1) is 12.6. The Labute approximate surface area is 150 Å². The molecule has 3 rings (SSSR count). The van der Waals surface area contributed by atoms with E-state index in [1.807, 2.05) is 6.07 Å². The molecule has 0 aromatic heterocycles. The standard InChI is InChI=1S/C21H16N2O3/c24-17-12-10-15(11-13-17)14-22-23-21(26)19-9-5-4-8-18(19)20(25)16-6-2-1-3-7-16/h1-14,24H,(H,23,26)/b22-14+. The number of hydrogen-bond donors (Lipinski definition) is 2. The number of aromatic hydroxyl groups is 1. The smallest absolute Gasteiger partial charge is 0.272 e. The van der Waals surface area contributed by atoms with Crippen LogP contribution in [0.2, 0.25) is 0 Å². The first kappa shape index (κ1) is 17.1. The van der Waals surface area contributed by atoms with Gasteiger partial charge in [0.15, 0.2) is 5.78 Å². The number of hydrogen-bond acceptors (Lipinski definition) is 4. The van der Waals surface area contributed by atoms with Gasteiger partial charge in [0.1, 0.15) is 5.75 Å². The van der Waals surface area contributed by atoms with Crippen molar-refractivity contribution >= 4 is 17.9 Å². The second-order valence-electron chi connectivity index (χ2n) is 5.53. The molecule has 0 atom stereocenters. The van der Waals surface area contributed by atoms with Crippen molar-refractivity contribution in [3.63, 3.8) is 0 Å². The maximum atomic E-state index is 12.7. The highest BCUT2D eigenvalue weighted by Crippen LogP contribution is 2.15. The highest BCUT2D eigenvalue weighted by molar-refractivity contribution is 6.15. The maximum absolute atomic E-state index is 12.7. The van der Waals surface area contributed by atoms with E-state index >= 15 is 0 Å². The number of phenolic OH excluding ortho intramolecular Hbond substituents is 1. The van der Waals surface area contributed by atoms with Gasteiger partial charge in [-0.1, -0.05) is 48.5 Å². The van der Waals surface area contributed by atoms with Crippen molar-refractivity contribution < 1.29 is 14.7 Å². The van der Waals surface area contributed by atoms with E-state index < -0.39 is 5.91 Å². The van der Waals surface area contributed by atoms with E-state index in [1.165, 1.54) is 18.3 Å². The van der Waals surface area contributed by atoms with Crippen molar-refractivity contribution in [1.29, 1.82) is 0 Å². The number of carbonyl (C=O) groups is 2. The summed E-state index contributed by atoms with van der Waals surface area (Å²) in [5.74, 6) is -0.543. The Morgan fingerprint density at radius 2 is 1.42 bits per heavy atom. The molecule has 0 saturated carbocycles. The molecule has 128 valence electrons. The third kappa shape index (κ3) is 4.02. The van der Waals surface area contributed by atoms with Crippen molar-refractivity contribution in [3.8, 4) is 5.75 Å². The zero-order valence-electron chi connectivity index (χ0n) is 13.8. The molecule has 0 bridgehead atoms. The first-order valence-corrected chi connectivity index (χ1v) is 7.96. The molecular formula is C21H16N2O3. The number of phenols is 1. The maximum Gasteiger partial charge on any atom is 0.272 e. The second kappa shape index (κ2) is 7.90. The van der Waals surface area contributed by atoms with Crippen molar-refractivity contribution in [3.05, 3.63) is 101 Å². The summed E-state index contributed by atoms with van der Waals surface area (Å²) in [6, 6.07) is 21.8. The number of nitrogens with zero attached hydrogens (tertiary/aromatic N) is 1. The summed E-state index contributed by atoms with van der Waals surface area (Å²) in [4.78, 5) is 25.1. The van der Waals surface area contributed by atoms with Crippen LogP contribution in [0.15, 0.2) is 84.0 Å². The Balaban J connectivity index is 1.78. The third-order valence-corrected chi connectivity index (χ3v) is 3.73. The normalized spacial score (nSPS) is 10.6. The zero-order valence-corrected chi connectivity index (χ0v) is 13.8. The number of amides is 1. The molecule has 3 aromatic rings. The van der Waals surface area contributed by atoms with E-state index in [9.17, 15) is 14.7 Å². The Bertz CT molecular complexity index is 949. The minimum atomic E-state index is -0.472. The van der Waals surface area contributed by atoms with E-state index in [1.54, 1.807) is 60.7 Å². The van der Waals surface area contributed by atoms with E-state index in [0.717, 1.165) is 5.56 Å². The molecular weight excluding hydrogens is 328 g/mol. The number of benzene rings is 3. The fourth-order valence-electron chi connectivity index (χ4n) is 2.41. The summed E-state index contributed by atoms with van der Waals surface area (Å²) in [7, 11) is 0. The van der Waals surface area contributed by atoms with Crippen molar-refractivity contribution in [1.82, 2.24) is 5.43 Å². The topological polar surface area (TPSA) is 78.8 Å². The molecule has 0 unspecified atom stereocenters. The van der Waals surface area contributed by atoms with Gasteiger partial charge in [-0.2, -0.15) is 5.10 Å². The fourth-order valence-corrected chi connectivity index (χ4v) is 2.41. The predicted octanol–water partition coefficient (Wildman–Crippen LogP) is 3.39. The average molecular weight is 344 g/mol. The molecule has 2 N–H and O–H groups in total. The van der Waals surface area contributed by atoms with Crippen LogP contribution in [0.3, 0.4) is 0 Å². The van der Waals surface area contributed by atoms with Crippen molar-refractivity contribution in [2.24, 2.45) is 5.10 Å². The Morgan fingerprint density at radius 1 is 0.808 bits per heavy atom. The van der Waals surface area contributed by atoms with Crippen LogP contribution in [0.1, 0.15) is 31.8 Å². The van der Waals surface area contributed by atoms with Gasteiger partial charge in [-0.3, -0.25) is 9.59 Å². The van der Waals surface area contributed by atoms with Gasteiger partial charge < -0.3 is 5.11 Å². The van der Waals surface area contributed by atoms with Gasteiger partial charge in [0.05, 0.1) is 11.8 Å². The third-order valence-electron chi connectivity index (χ3n) is 3.73. The van der Waals surface area contributed by atoms with Crippen molar-refractivity contribution in [2.75, 3.05) is 0 Å². The molecule has 0 spiro atoms. The van der Waals surface area contributed by atoms with Gasteiger partial charge >= 0.3 is 0 Å². The SMILES string of the molecule is O=C(N/N=C/c1ccc(O)cc1)c1ccccc1C(=O)c1ccccc1. The van der Waals surface area contributed by atoms with Gasteiger partial charge in [-0.25, -0.2) is 5.43 Å². The van der Waals surface area contributed by atoms with Gasteiger partial charge in [0, 0.05) is 11.1 Å². The number of rotatable bonds is 5. The highest BCUT2D eigenvalue weighted by atomic mass is 16.3. The lowest BCUT2D eigenvalue weighted by Gasteiger charge is -2.07. The molecule has 0 fully saturated rings. The summed E-state index contributed by atoms with van der Waals surface area (Å²) < 4.78 is 0. The monoisotopic (exact) mass is 344 g/mol. The van der Waals surface area contributed by atoms with Crippen LogP contribution in [0.25, 0.3) is 0 Å². The van der Waals surface area contributed by atoms with E-state index in [0.29, 0.717) is 11.1 Å². The summed E-state index contributed by atoms with van der Waals surface area (Å²) >= 11 is 0. The first-order valence-electron chi connectivity index (χ1n) is 7.96. The molecule has 0 saturated heterocycles. The molecule has 1 amide bonds. The molecule has 5 heteroatoms. The van der Waals surface area contributed by atoms with Gasteiger partial charge in [0.25, 0.3) is 5.91 Å². The lowest BCUT2D eigenvalue weighted by Crippen LogP contribution is -2.21. The summed E-state index contributed by atoms with van der Waals surface area (Å²) in [5, 5.41) is 13.2.